The Kier molecular flexibility index (Phi) is 6.68. The first-order valence-electron chi connectivity index (χ1n) is 14.4. The van der Waals surface area contributed by atoms with Crippen LogP contribution in [0.4, 0.5) is 34.1 Å². The molecule has 43 heavy (non-hydrogen) atoms. The summed E-state index contributed by atoms with van der Waals surface area (Å²) in [6.07, 6.45) is 0. The van der Waals surface area contributed by atoms with Crippen LogP contribution in [0.1, 0.15) is 6.92 Å². The van der Waals surface area contributed by atoms with Crippen LogP contribution >= 0.6 is 0 Å². The van der Waals surface area contributed by atoms with Crippen LogP contribution in [0.15, 0.2) is 146 Å². The van der Waals surface area contributed by atoms with Crippen LogP contribution in [0, 0.1) is 0 Å². The van der Waals surface area contributed by atoms with Gasteiger partial charge in [0.05, 0.1) is 0 Å². The number of para-hydroxylation sites is 2. The Labute approximate surface area is 250 Å². The molecule has 0 fully saturated rings. The summed E-state index contributed by atoms with van der Waals surface area (Å²) in [6.45, 7) is 3.01. The lowest BCUT2D eigenvalue weighted by Crippen LogP contribution is -2.09. The van der Waals surface area contributed by atoms with E-state index in [1.165, 1.54) is 0 Å². The third-order valence-electron chi connectivity index (χ3n) is 7.87. The molecular weight excluding hydrogens is 530 g/mol. The second kappa shape index (κ2) is 11.0. The third kappa shape index (κ3) is 4.81. The molecule has 6 aromatic carbocycles. The van der Waals surface area contributed by atoms with Crippen molar-refractivity contribution in [3.8, 4) is 11.5 Å². The molecule has 0 aliphatic heterocycles. The van der Waals surface area contributed by atoms with Gasteiger partial charge in [0, 0.05) is 74.6 Å². The topological polar surface area (TPSA) is 51.9 Å². The summed E-state index contributed by atoms with van der Waals surface area (Å²) in [5, 5.41) is 23.0. The Balaban J connectivity index is 1.45. The fraction of sp³-hybridized carbons (Fsp3) is 0.0526. The Morgan fingerprint density at radius 3 is 1.23 bits per heavy atom. The molecule has 0 saturated heterocycles. The molecule has 0 atom stereocenters. The van der Waals surface area contributed by atoms with E-state index in [0.29, 0.717) is 0 Å². The summed E-state index contributed by atoms with van der Waals surface area (Å²) < 4.78 is 2.35. The molecule has 0 spiro atoms. The number of hydrogen-bond acceptors (Lipinski definition) is 4. The maximum atomic E-state index is 10.3. The lowest BCUT2D eigenvalue weighted by atomic mass is 10.1. The van der Waals surface area contributed by atoms with Crippen LogP contribution < -0.4 is 9.80 Å². The van der Waals surface area contributed by atoms with Crippen molar-refractivity contribution in [2.75, 3.05) is 9.80 Å². The molecule has 0 bridgehead atoms. The summed E-state index contributed by atoms with van der Waals surface area (Å²) in [7, 11) is 0. The van der Waals surface area contributed by atoms with Crippen molar-refractivity contribution in [1.29, 1.82) is 0 Å². The number of phenolic OH excluding ortho intramolecular Hbond substituents is 2. The quantitative estimate of drug-likeness (QED) is 0.203. The van der Waals surface area contributed by atoms with Gasteiger partial charge in [0.2, 0.25) is 0 Å². The highest BCUT2D eigenvalue weighted by Crippen LogP contribution is 2.42. The average molecular weight is 562 g/mol. The minimum absolute atomic E-state index is 0.222. The Hall–Kier alpha value is -5.68. The SMILES string of the molecule is CCn1c2ccc(N(c3ccccc3)c3cccc(O)c3)cc2c2cc(N(c3ccccc3)c3cccc(O)c3)ccc21. The highest BCUT2D eigenvalue weighted by Gasteiger charge is 2.19. The summed E-state index contributed by atoms with van der Waals surface area (Å²) >= 11 is 0. The summed E-state index contributed by atoms with van der Waals surface area (Å²) in [4.78, 5) is 4.34. The number of benzene rings is 6. The van der Waals surface area contributed by atoms with Crippen LogP contribution in [-0.2, 0) is 6.54 Å². The van der Waals surface area contributed by atoms with E-state index in [1.807, 2.05) is 60.7 Å². The van der Waals surface area contributed by atoms with Gasteiger partial charge in [-0.1, -0.05) is 48.5 Å². The van der Waals surface area contributed by atoms with Crippen LogP contribution in [0.3, 0.4) is 0 Å². The average Bonchev–Trinajstić information content (AvgIpc) is 3.35. The van der Waals surface area contributed by atoms with E-state index < -0.39 is 0 Å². The Bertz CT molecular complexity index is 1910. The number of hydrogen-bond donors (Lipinski definition) is 2. The first-order chi connectivity index (χ1) is 21.1. The van der Waals surface area contributed by atoms with E-state index >= 15 is 0 Å². The van der Waals surface area contributed by atoms with E-state index in [4.69, 9.17) is 0 Å². The molecule has 1 aromatic heterocycles. The fourth-order valence-electron chi connectivity index (χ4n) is 6.01. The molecule has 0 unspecified atom stereocenters. The fourth-order valence-corrected chi connectivity index (χ4v) is 6.01. The number of fused-ring (bicyclic) bond motifs is 3. The van der Waals surface area contributed by atoms with Gasteiger partial charge in [-0.15, -0.1) is 0 Å². The molecule has 5 heteroatoms. The van der Waals surface area contributed by atoms with Gasteiger partial charge in [-0.2, -0.15) is 0 Å². The first kappa shape index (κ1) is 26.2. The lowest BCUT2D eigenvalue weighted by molar-refractivity contribution is 0.475. The standard InChI is InChI=1S/C38H31N3O2/c1-2-39-37-21-19-31(40(27-11-5-3-6-12-27)29-15-9-17-33(42)23-29)25-35(37)36-26-32(20-22-38(36)39)41(28-13-7-4-8-14-28)30-16-10-18-34(43)24-30/h3-26,42-43H,2H2,1H3. The molecule has 1 heterocycles. The molecule has 7 aromatic rings. The minimum Gasteiger partial charge on any atom is -0.508 e. The van der Waals surface area contributed by atoms with Crippen molar-refractivity contribution in [2.45, 2.75) is 13.5 Å². The second-order valence-corrected chi connectivity index (χ2v) is 10.5. The van der Waals surface area contributed by atoms with Crippen molar-refractivity contribution in [3.63, 3.8) is 0 Å². The van der Waals surface area contributed by atoms with Gasteiger partial charge < -0.3 is 24.6 Å². The molecular formula is C38H31N3O2. The Morgan fingerprint density at radius 2 is 0.837 bits per heavy atom. The van der Waals surface area contributed by atoms with Crippen LogP contribution in [0.5, 0.6) is 11.5 Å². The van der Waals surface area contributed by atoms with Crippen molar-refractivity contribution >= 4 is 55.9 Å². The smallest absolute Gasteiger partial charge is 0.117 e. The number of rotatable bonds is 7. The van der Waals surface area contributed by atoms with E-state index in [0.717, 1.165) is 62.5 Å². The predicted octanol–water partition coefficient (Wildman–Crippen LogP) is 10.2. The number of aromatic nitrogens is 1. The van der Waals surface area contributed by atoms with Gasteiger partial charge in [-0.3, -0.25) is 0 Å². The molecule has 0 amide bonds. The molecule has 0 aliphatic rings. The summed E-state index contributed by atoms with van der Waals surface area (Å²) in [6, 6.07) is 48.3. The monoisotopic (exact) mass is 561 g/mol. The number of nitrogens with zero attached hydrogens (tertiary/aromatic N) is 3. The maximum absolute atomic E-state index is 10.3. The second-order valence-electron chi connectivity index (χ2n) is 10.5. The van der Waals surface area contributed by atoms with Crippen LogP contribution in [-0.4, -0.2) is 14.8 Å². The van der Waals surface area contributed by atoms with E-state index in [9.17, 15) is 10.2 Å². The van der Waals surface area contributed by atoms with Gasteiger partial charge in [0.15, 0.2) is 0 Å². The molecule has 210 valence electrons. The van der Waals surface area contributed by atoms with Gasteiger partial charge in [-0.05, 0) is 91.9 Å². The normalized spacial score (nSPS) is 11.2. The van der Waals surface area contributed by atoms with Gasteiger partial charge in [0.25, 0.3) is 0 Å². The summed E-state index contributed by atoms with van der Waals surface area (Å²) in [5.41, 5.74) is 8.08. The summed E-state index contributed by atoms with van der Waals surface area (Å²) in [5.74, 6) is 0.444. The van der Waals surface area contributed by atoms with Crippen molar-refractivity contribution < 1.29 is 10.2 Å². The zero-order chi connectivity index (χ0) is 29.3. The first-order valence-corrected chi connectivity index (χ1v) is 14.4. The van der Waals surface area contributed by atoms with Gasteiger partial charge in [-0.25, -0.2) is 0 Å². The maximum Gasteiger partial charge on any atom is 0.117 e. The number of phenols is 2. The third-order valence-corrected chi connectivity index (χ3v) is 7.87. The lowest BCUT2D eigenvalue weighted by Gasteiger charge is -2.26. The van der Waals surface area contributed by atoms with E-state index in [2.05, 4.69) is 82.0 Å². The molecule has 5 nitrogen and oxygen atoms in total. The zero-order valence-corrected chi connectivity index (χ0v) is 23.8. The molecule has 7 rings (SSSR count). The van der Waals surface area contributed by atoms with Gasteiger partial charge in [0.1, 0.15) is 11.5 Å². The Morgan fingerprint density at radius 1 is 0.442 bits per heavy atom. The number of aryl methyl sites for hydroxylation is 1. The highest BCUT2D eigenvalue weighted by molar-refractivity contribution is 6.11. The van der Waals surface area contributed by atoms with Crippen LogP contribution in [0.25, 0.3) is 21.8 Å². The molecule has 0 saturated carbocycles. The predicted molar refractivity (Wildman–Crippen MR) is 178 cm³/mol. The number of aromatic hydroxyl groups is 2. The van der Waals surface area contributed by atoms with Crippen molar-refractivity contribution in [3.05, 3.63) is 146 Å². The molecule has 0 aliphatic carbocycles. The zero-order valence-electron chi connectivity index (χ0n) is 23.8. The molecule has 2 N–H and O–H groups in total. The van der Waals surface area contributed by atoms with Crippen molar-refractivity contribution in [1.82, 2.24) is 4.57 Å². The van der Waals surface area contributed by atoms with E-state index in [-0.39, 0.29) is 11.5 Å². The van der Waals surface area contributed by atoms with Crippen molar-refractivity contribution in [2.24, 2.45) is 0 Å². The molecule has 0 radical (unpaired) electrons. The van der Waals surface area contributed by atoms with Gasteiger partial charge >= 0.3 is 0 Å². The van der Waals surface area contributed by atoms with Crippen LogP contribution in [0.2, 0.25) is 0 Å². The van der Waals surface area contributed by atoms with E-state index in [1.54, 1.807) is 24.3 Å². The minimum atomic E-state index is 0.222. The highest BCUT2D eigenvalue weighted by atomic mass is 16.3. The largest absolute Gasteiger partial charge is 0.508 e. The number of anilines is 6.